The van der Waals surface area contributed by atoms with E-state index >= 15 is 0 Å². The van der Waals surface area contributed by atoms with Gasteiger partial charge in [0, 0.05) is 18.5 Å². The van der Waals surface area contributed by atoms with Gasteiger partial charge in [0.15, 0.2) is 0 Å². The molecule has 6 heteroatoms. The summed E-state index contributed by atoms with van der Waals surface area (Å²) in [5, 5.41) is 1.09. The lowest BCUT2D eigenvalue weighted by Crippen LogP contribution is -2.18. The summed E-state index contributed by atoms with van der Waals surface area (Å²) in [4.78, 5) is 7.02. The number of hydrogen-bond donors (Lipinski definition) is 0. The third-order valence-electron chi connectivity index (χ3n) is 4.16. The lowest BCUT2D eigenvalue weighted by molar-refractivity contribution is 0.315. The first-order chi connectivity index (χ1) is 12.2. The first-order valence-electron chi connectivity index (χ1n) is 8.05. The van der Waals surface area contributed by atoms with Crippen molar-refractivity contribution in [1.82, 2.24) is 18.6 Å². The minimum Gasteiger partial charge on any atom is -0.494 e. The highest BCUT2D eigenvalue weighted by molar-refractivity contribution is 7.00. The number of ether oxygens (including phenoxy) is 1. The molecular formula is C19H18N4OS. The molecule has 4 aromatic rings. The maximum absolute atomic E-state index is 5.43. The van der Waals surface area contributed by atoms with Gasteiger partial charge in [-0.1, -0.05) is 24.3 Å². The molecule has 0 fully saturated rings. The van der Waals surface area contributed by atoms with Gasteiger partial charge in [-0.25, -0.2) is 4.98 Å². The Balaban J connectivity index is 1.53. The number of fused-ring (bicyclic) bond motifs is 2. The first-order valence-corrected chi connectivity index (χ1v) is 8.78. The molecule has 0 unspecified atom stereocenters. The Labute approximate surface area is 150 Å². The van der Waals surface area contributed by atoms with Gasteiger partial charge in [0.2, 0.25) is 0 Å². The summed E-state index contributed by atoms with van der Waals surface area (Å²) in [6.07, 6.45) is 0. The molecule has 0 spiro atoms. The van der Waals surface area contributed by atoms with Crippen molar-refractivity contribution in [3.63, 3.8) is 0 Å². The highest BCUT2D eigenvalue weighted by Gasteiger charge is 2.08. The fourth-order valence-electron chi connectivity index (χ4n) is 2.98. The van der Waals surface area contributed by atoms with E-state index in [0.717, 1.165) is 46.5 Å². The van der Waals surface area contributed by atoms with Crippen molar-refractivity contribution in [3.05, 3.63) is 59.8 Å². The van der Waals surface area contributed by atoms with Gasteiger partial charge in [0.1, 0.15) is 22.3 Å². The van der Waals surface area contributed by atoms with Crippen LogP contribution in [0.1, 0.15) is 11.3 Å². The maximum atomic E-state index is 5.43. The van der Waals surface area contributed by atoms with Gasteiger partial charge in [-0.3, -0.25) is 4.90 Å². The van der Waals surface area contributed by atoms with E-state index in [0.29, 0.717) is 0 Å². The molecule has 0 radical (unpaired) electrons. The Hall–Kier alpha value is -2.57. The summed E-state index contributed by atoms with van der Waals surface area (Å²) >= 11 is 1.25. The van der Waals surface area contributed by atoms with Crippen molar-refractivity contribution in [1.29, 1.82) is 0 Å². The summed E-state index contributed by atoms with van der Waals surface area (Å²) in [7, 11) is 3.77. The van der Waals surface area contributed by atoms with Crippen LogP contribution >= 0.6 is 11.7 Å². The predicted octanol–water partition coefficient (Wildman–Crippen LogP) is 3.88. The monoisotopic (exact) mass is 350 g/mol. The molecule has 0 amide bonds. The molecule has 0 bridgehead atoms. The molecule has 2 aromatic heterocycles. The van der Waals surface area contributed by atoms with E-state index in [1.54, 1.807) is 7.11 Å². The minimum absolute atomic E-state index is 0.765. The molecule has 126 valence electrons. The largest absolute Gasteiger partial charge is 0.494 e. The Kier molecular flexibility index (Phi) is 4.29. The van der Waals surface area contributed by atoms with Crippen LogP contribution in [-0.4, -0.2) is 32.8 Å². The summed E-state index contributed by atoms with van der Waals surface area (Å²) in [6.45, 7) is 1.60. The smallest absolute Gasteiger partial charge is 0.145 e. The summed E-state index contributed by atoms with van der Waals surface area (Å²) < 4.78 is 14.0. The van der Waals surface area contributed by atoms with Crippen LogP contribution in [0.3, 0.4) is 0 Å². The Morgan fingerprint density at radius 3 is 2.76 bits per heavy atom. The van der Waals surface area contributed by atoms with Crippen LogP contribution < -0.4 is 4.74 Å². The van der Waals surface area contributed by atoms with Gasteiger partial charge in [0.25, 0.3) is 0 Å². The average Bonchev–Trinajstić information content (AvgIpc) is 3.08. The molecule has 25 heavy (non-hydrogen) atoms. The van der Waals surface area contributed by atoms with Crippen LogP contribution in [0.15, 0.2) is 48.5 Å². The number of aromatic nitrogens is 3. The molecule has 5 nitrogen and oxygen atoms in total. The number of methoxy groups -OCH3 is 1. The van der Waals surface area contributed by atoms with Gasteiger partial charge in [-0.2, -0.15) is 8.75 Å². The topological polar surface area (TPSA) is 51.1 Å². The van der Waals surface area contributed by atoms with Gasteiger partial charge in [-0.05, 0) is 36.9 Å². The van der Waals surface area contributed by atoms with Gasteiger partial charge in [-0.15, -0.1) is 0 Å². The van der Waals surface area contributed by atoms with E-state index < -0.39 is 0 Å². The molecule has 0 saturated heterocycles. The zero-order valence-electron chi connectivity index (χ0n) is 14.1. The van der Waals surface area contributed by atoms with Crippen molar-refractivity contribution < 1.29 is 4.74 Å². The first kappa shape index (κ1) is 15.9. The van der Waals surface area contributed by atoms with Crippen molar-refractivity contribution in [2.75, 3.05) is 14.2 Å². The van der Waals surface area contributed by atoms with E-state index in [1.807, 2.05) is 18.2 Å². The highest BCUT2D eigenvalue weighted by Crippen LogP contribution is 2.24. The molecule has 0 aliphatic rings. The highest BCUT2D eigenvalue weighted by atomic mass is 32.1. The molecule has 0 aliphatic carbocycles. The number of nitrogens with zero attached hydrogens (tertiary/aromatic N) is 4. The summed E-state index contributed by atoms with van der Waals surface area (Å²) in [6, 6.07) is 16.4. The van der Waals surface area contributed by atoms with Crippen LogP contribution in [0, 0.1) is 0 Å². The zero-order chi connectivity index (χ0) is 17.2. The fourth-order valence-corrected chi connectivity index (χ4v) is 3.50. The lowest BCUT2D eigenvalue weighted by atomic mass is 10.1. The molecular weight excluding hydrogens is 332 g/mol. The quantitative estimate of drug-likeness (QED) is 0.547. The number of pyridine rings is 1. The summed E-state index contributed by atoms with van der Waals surface area (Å²) in [5.74, 6) is 0.809. The third kappa shape index (κ3) is 3.31. The van der Waals surface area contributed by atoms with Gasteiger partial charge in [0.05, 0.1) is 24.5 Å². The van der Waals surface area contributed by atoms with Crippen molar-refractivity contribution in [3.8, 4) is 5.75 Å². The van der Waals surface area contributed by atoms with Crippen molar-refractivity contribution >= 4 is 33.7 Å². The van der Waals surface area contributed by atoms with Gasteiger partial charge >= 0.3 is 0 Å². The van der Waals surface area contributed by atoms with E-state index in [4.69, 9.17) is 9.72 Å². The van der Waals surface area contributed by atoms with Crippen LogP contribution in [-0.2, 0) is 13.1 Å². The SMILES string of the molecule is COc1cccc2ccc(CN(C)Cc3ccc4nsnc4c3)nc12. The second kappa shape index (κ2) is 6.74. The zero-order valence-corrected chi connectivity index (χ0v) is 15.0. The molecule has 2 heterocycles. The number of benzene rings is 2. The number of para-hydroxylation sites is 1. The predicted molar refractivity (Wildman–Crippen MR) is 101 cm³/mol. The molecule has 0 N–H and O–H groups in total. The molecule has 2 aromatic carbocycles. The lowest BCUT2D eigenvalue weighted by Gasteiger charge is -2.17. The second-order valence-corrected chi connectivity index (χ2v) is 6.62. The standard InChI is InChI=1S/C19H18N4OS/c1-23(11-13-6-9-16-17(10-13)22-25-21-16)12-15-8-7-14-4-3-5-18(24-2)19(14)20-15/h3-10H,11-12H2,1-2H3. The molecule has 0 saturated carbocycles. The molecule has 0 atom stereocenters. The Morgan fingerprint density at radius 2 is 1.88 bits per heavy atom. The van der Waals surface area contributed by atoms with E-state index in [9.17, 15) is 0 Å². The van der Waals surface area contributed by atoms with E-state index in [2.05, 4.69) is 51.0 Å². The van der Waals surface area contributed by atoms with Crippen LogP contribution in [0.25, 0.3) is 21.9 Å². The molecule has 4 rings (SSSR count). The van der Waals surface area contributed by atoms with Crippen LogP contribution in [0.5, 0.6) is 5.75 Å². The van der Waals surface area contributed by atoms with Crippen molar-refractivity contribution in [2.24, 2.45) is 0 Å². The number of rotatable bonds is 5. The van der Waals surface area contributed by atoms with Crippen molar-refractivity contribution in [2.45, 2.75) is 13.1 Å². The Bertz CT molecular complexity index is 1030. The second-order valence-electron chi connectivity index (χ2n) is 6.09. The summed E-state index contributed by atoms with van der Waals surface area (Å²) in [5.41, 5.74) is 5.08. The minimum atomic E-state index is 0.765. The third-order valence-corrected chi connectivity index (χ3v) is 4.72. The average molecular weight is 350 g/mol. The normalized spacial score (nSPS) is 11.5. The van der Waals surface area contributed by atoms with Crippen LogP contribution in [0.2, 0.25) is 0 Å². The maximum Gasteiger partial charge on any atom is 0.145 e. The fraction of sp³-hybridized carbons (Fsp3) is 0.211. The van der Waals surface area contributed by atoms with E-state index in [-0.39, 0.29) is 0 Å². The molecule has 0 aliphatic heterocycles. The number of hydrogen-bond acceptors (Lipinski definition) is 6. The van der Waals surface area contributed by atoms with Crippen LogP contribution in [0.4, 0.5) is 0 Å². The van der Waals surface area contributed by atoms with Gasteiger partial charge < -0.3 is 4.74 Å². The van der Waals surface area contributed by atoms with E-state index in [1.165, 1.54) is 17.3 Å². The Morgan fingerprint density at radius 1 is 1.00 bits per heavy atom.